The fraction of sp³-hybridized carbons (Fsp3) is 0.435. The van der Waals surface area contributed by atoms with E-state index >= 15 is 0 Å². The normalized spacial score (nSPS) is 14.0. The van der Waals surface area contributed by atoms with Crippen molar-refractivity contribution in [2.45, 2.75) is 45.9 Å². The highest BCUT2D eigenvalue weighted by atomic mass is 19.1. The van der Waals surface area contributed by atoms with Gasteiger partial charge < -0.3 is 24.8 Å². The highest BCUT2D eigenvalue weighted by molar-refractivity contribution is 5.79. The van der Waals surface area contributed by atoms with Crippen LogP contribution in [0.2, 0.25) is 0 Å². The topological polar surface area (TPSA) is 64.1 Å². The van der Waals surface area contributed by atoms with Gasteiger partial charge in [-0.3, -0.25) is 4.99 Å². The number of nitrogens with one attached hydrogen (secondary N) is 2. The van der Waals surface area contributed by atoms with Gasteiger partial charge in [0, 0.05) is 31.3 Å². The molecule has 1 aliphatic rings. The smallest absolute Gasteiger partial charge is 0.191 e. The third-order valence-corrected chi connectivity index (χ3v) is 4.50. The summed E-state index contributed by atoms with van der Waals surface area (Å²) in [5.74, 6) is 1.95. The predicted octanol–water partition coefficient (Wildman–Crippen LogP) is 3.78. The summed E-state index contributed by atoms with van der Waals surface area (Å²) in [5, 5.41) is 6.58. The Morgan fingerprint density at radius 2 is 1.97 bits per heavy atom. The number of guanidine groups is 1. The van der Waals surface area contributed by atoms with E-state index in [1.807, 2.05) is 45.0 Å². The van der Waals surface area contributed by atoms with Gasteiger partial charge in [0.15, 0.2) is 12.8 Å². The summed E-state index contributed by atoms with van der Waals surface area (Å²) < 4.78 is 30.7. The van der Waals surface area contributed by atoms with Crippen LogP contribution in [0.15, 0.2) is 41.4 Å². The first kappa shape index (κ1) is 21.9. The summed E-state index contributed by atoms with van der Waals surface area (Å²) >= 11 is 0. The van der Waals surface area contributed by atoms with Crippen molar-refractivity contribution in [2.75, 3.05) is 20.4 Å². The van der Waals surface area contributed by atoms with Crippen molar-refractivity contribution in [3.05, 3.63) is 58.9 Å². The van der Waals surface area contributed by atoms with Crippen LogP contribution in [0.3, 0.4) is 0 Å². The van der Waals surface area contributed by atoms with Crippen LogP contribution in [0.1, 0.15) is 37.5 Å². The molecule has 0 amide bonds. The van der Waals surface area contributed by atoms with Gasteiger partial charge in [-0.15, -0.1) is 0 Å². The second kappa shape index (κ2) is 9.80. The molecule has 0 bridgehead atoms. The maximum atomic E-state index is 13.9. The third-order valence-electron chi connectivity index (χ3n) is 4.50. The lowest BCUT2D eigenvalue weighted by molar-refractivity contribution is -0.0172. The SMILES string of the molecule is CN=C(NCCc1cc(F)cc2c1OCOC2)NCc1ccccc1OC(C)(C)C. The monoisotopic (exact) mass is 415 g/mol. The fourth-order valence-electron chi connectivity index (χ4n) is 3.24. The van der Waals surface area contributed by atoms with Crippen molar-refractivity contribution < 1.29 is 18.6 Å². The predicted molar refractivity (Wildman–Crippen MR) is 115 cm³/mol. The summed E-state index contributed by atoms with van der Waals surface area (Å²) in [6.45, 7) is 7.79. The molecule has 0 radical (unpaired) electrons. The van der Waals surface area contributed by atoms with Crippen molar-refractivity contribution in [1.82, 2.24) is 10.6 Å². The molecule has 2 aromatic carbocycles. The molecule has 0 saturated heterocycles. The third kappa shape index (κ3) is 6.10. The minimum atomic E-state index is -0.282. The van der Waals surface area contributed by atoms with Gasteiger partial charge in [0.05, 0.1) is 6.61 Å². The number of aliphatic imine (C=N–C) groups is 1. The lowest BCUT2D eigenvalue weighted by atomic mass is 10.1. The summed E-state index contributed by atoms with van der Waals surface area (Å²) in [5.41, 5.74) is 2.34. The quantitative estimate of drug-likeness (QED) is 0.555. The van der Waals surface area contributed by atoms with E-state index in [1.165, 1.54) is 12.1 Å². The molecule has 1 aliphatic heterocycles. The maximum absolute atomic E-state index is 13.9. The minimum absolute atomic E-state index is 0.193. The highest BCUT2D eigenvalue weighted by Gasteiger charge is 2.17. The molecule has 0 aromatic heterocycles. The molecule has 7 heteroatoms. The largest absolute Gasteiger partial charge is 0.488 e. The summed E-state index contributed by atoms with van der Waals surface area (Å²) in [6.07, 6.45) is 0.602. The first-order valence-electron chi connectivity index (χ1n) is 10.1. The average molecular weight is 416 g/mol. The Kier molecular flexibility index (Phi) is 7.15. The summed E-state index contributed by atoms with van der Waals surface area (Å²) in [4.78, 5) is 4.27. The Balaban J connectivity index is 1.56. The number of hydrogen-bond acceptors (Lipinski definition) is 4. The van der Waals surface area contributed by atoms with E-state index in [0.29, 0.717) is 32.1 Å². The van der Waals surface area contributed by atoms with Crippen LogP contribution in [-0.2, 0) is 24.3 Å². The second-order valence-electron chi connectivity index (χ2n) is 8.09. The van der Waals surface area contributed by atoms with Crippen LogP contribution >= 0.6 is 0 Å². The van der Waals surface area contributed by atoms with Crippen LogP contribution in [-0.4, -0.2) is 31.9 Å². The average Bonchev–Trinajstić information content (AvgIpc) is 2.70. The van der Waals surface area contributed by atoms with Crippen molar-refractivity contribution in [3.8, 4) is 11.5 Å². The minimum Gasteiger partial charge on any atom is -0.488 e. The number of rotatable bonds is 6. The molecule has 162 valence electrons. The zero-order valence-corrected chi connectivity index (χ0v) is 18.0. The van der Waals surface area contributed by atoms with E-state index in [-0.39, 0.29) is 18.2 Å². The first-order valence-corrected chi connectivity index (χ1v) is 10.1. The van der Waals surface area contributed by atoms with E-state index in [0.717, 1.165) is 28.2 Å². The van der Waals surface area contributed by atoms with Gasteiger partial charge in [-0.1, -0.05) is 18.2 Å². The lowest BCUT2D eigenvalue weighted by Gasteiger charge is -2.23. The number of benzene rings is 2. The molecule has 0 aliphatic carbocycles. The Morgan fingerprint density at radius 3 is 2.73 bits per heavy atom. The summed E-state index contributed by atoms with van der Waals surface area (Å²) in [7, 11) is 1.72. The van der Waals surface area contributed by atoms with Gasteiger partial charge in [-0.05, 0) is 51.0 Å². The van der Waals surface area contributed by atoms with Crippen molar-refractivity contribution in [1.29, 1.82) is 0 Å². The van der Waals surface area contributed by atoms with Gasteiger partial charge in [0.2, 0.25) is 0 Å². The van der Waals surface area contributed by atoms with Crippen LogP contribution in [0, 0.1) is 5.82 Å². The lowest BCUT2D eigenvalue weighted by Crippen LogP contribution is -2.38. The van der Waals surface area contributed by atoms with Crippen molar-refractivity contribution in [2.24, 2.45) is 4.99 Å². The second-order valence-corrected chi connectivity index (χ2v) is 8.09. The van der Waals surface area contributed by atoms with Crippen LogP contribution in [0.25, 0.3) is 0 Å². The fourth-order valence-corrected chi connectivity index (χ4v) is 3.24. The number of hydrogen-bond donors (Lipinski definition) is 2. The molecule has 3 rings (SSSR count). The number of fused-ring (bicyclic) bond motifs is 1. The highest BCUT2D eigenvalue weighted by Crippen LogP contribution is 2.29. The number of nitrogens with zero attached hydrogens (tertiary/aromatic N) is 1. The molecular formula is C23H30FN3O3. The van der Waals surface area contributed by atoms with Crippen LogP contribution in [0.4, 0.5) is 4.39 Å². The van der Waals surface area contributed by atoms with Crippen molar-refractivity contribution in [3.63, 3.8) is 0 Å². The van der Waals surface area contributed by atoms with Gasteiger partial charge in [-0.2, -0.15) is 0 Å². The molecule has 0 atom stereocenters. The Morgan fingerprint density at radius 1 is 1.17 bits per heavy atom. The van der Waals surface area contributed by atoms with Gasteiger partial charge in [0.1, 0.15) is 22.9 Å². The standard InChI is InChI=1S/C23H30FN3O3/c1-23(2,3)30-20-8-6-5-7-17(20)13-27-22(25-4)26-10-9-16-11-19(24)12-18-14-28-15-29-21(16)18/h5-8,11-12H,9-10,13-15H2,1-4H3,(H2,25,26,27). The molecule has 6 nitrogen and oxygen atoms in total. The summed E-state index contributed by atoms with van der Waals surface area (Å²) in [6, 6.07) is 10.9. The molecule has 30 heavy (non-hydrogen) atoms. The number of para-hydroxylation sites is 1. The molecule has 2 aromatic rings. The van der Waals surface area contributed by atoms with Crippen LogP contribution < -0.4 is 20.1 Å². The van der Waals surface area contributed by atoms with Gasteiger partial charge >= 0.3 is 0 Å². The Hall–Kier alpha value is -2.80. The van der Waals surface area contributed by atoms with E-state index < -0.39 is 0 Å². The Labute approximate surface area is 177 Å². The molecule has 0 unspecified atom stereocenters. The molecule has 1 heterocycles. The zero-order chi connectivity index (χ0) is 21.6. The van der Waals surface area contributed by atoms with E-state index in [2.05, 4.69) is 15.6 Å². The van der Waals surface area contributed by atoms with Crippen LogP contribution in [0.5, 0.6) is 11.5 Å². The van der Waals surface area contributed by atoms with Gasteiger partial charge in [-0.25, -0.2) is 4.39 Å². The molecule has 2 N–H and O–H groups in total. The van der Waals surface area contributed by atoms with E-state index in [1.54, 1.807) is 7.05 Å². The molecule has 0 spiro atoms. The number of ether oxygens (including phenoxy) is 3. The Bertz CT molecular complexity index is 894. The zero-order valence-electron chi connectivity index (χ0n) is 18.0. The first-order chi connectivity index (χ1) is 14.4. The van der Waals surface area contributed by atoms with Crippen molar-refractivity contribution >= 4 is 5.96 Å². The van der Waals surface area contributed by atoms with E-state index in [4.69, 9.17) is 14.2 Å². The molecule has 0 fully saturated rings. The van der Waals surface area contributed by atoms with Gasteiger partial charge in [0.25, 0.3) is 0 Å². The maximum Gasteiger partial charge on any atom is 0.191 e. The number of halogens is 1. The molecular weight excluding hydrogens is 385 g/mol. The molecule has 0 saturated carbocycles. The van der Waals surface area contributed by atoms with E-state index in [9.17, 15) is 4.39 Å².